The second-order valence-electron chi connectivity index (χ2n) is 17.5. The van der Waals surface area contributed by atoms with Crippen LogP contribution in [0.2, 0.25) is 0 Å². The minimum atomic E-state index is 0.420. The van der Waals surface area contributed by atoms with Crippen LogP contribution in [0.5, 0.6) is 0 Å². The van der Waals surface area contributed by atoms with Gasteiger partial charge in [0.15, 0.2) is 0 Å². The first kappa shape index (κ1) is 37.4. The summed E-state index contributed by atoms with van der Waals surface area (Å²) in [6, 6.07) is 65.0. The Labute approximate surface area is 396 Å². The second kappa shape index (κ2) is 13.8. The summed E-state index contributed by atoms with van der Waals surface area (Å²) in [5.74, 6) is 0. The number of thiophene rings is 2. The lowest BCUT2D eigenvalue weighted by atomic mass is 9.88. The van der Waals surface area contributed by atoms with Crippen LogP contribution in [-0.4, -0.2) is 14.1 Å². The number of fused-ring (bicyclic) bond motifs is 14. The van der Waals surface area contributed by atoms with Crippen molar-refractivity contribution in [2.45, 2.75) is 0 Å². The molecule has 15 rings (SSSR count). The van der Waals surface area contributed by atoms with Gasteiger partial charge in [0, 0.05) is 81.4 Å². The van der Waals surface area contributed by atoms with Crippen LogP contribution in [0.25, 0.3) is 144 Å². The van der Waals surface area contributed by atoms with Crippen LogP contribution in [0, 0.1) is 17.9 Å². The Morgan fingerprint density at radius 3 is 1.54 bits per heavy atom. The molecule has 0 saturated carbocycles. The topological polar surface area (TPSA) is 50.9 Å². The van der Waals surface area contributed by atoms with Gasteiger partial charge in [0.05, 0.1) is 55.0 Å². The molecule has 0 amide bonds. The van der Waals surface area contributed by atoms with E-state index in [4.69, 9.17) is 0 Å². The SMILES string of the molecule is [C-]#[N+]c1c(-c2ccccc2)c(C#N)c(-n2c3c(ccc4c5ccccc5sc43)c3ccc4c5ccccc5sc4c32)c(-c2ccccc2)c1-n1c2cccc3c4ccncc4c4cccc1c4c32. The highest BCUT2D eigenvalue weighted by atomic mass is 32.1. The predicted molar refractivity (Wildman–Crippen MR) is 287 cm³/mol. The molecule has 312 valence electrons. The minimum Gasteiger partial charge on any atom is -0.318 e. The first-order valence-corrected chi connectivity index (χ1v) is 24.2. The van der Waals surface area contributed by atoms with Gasteiger partial charge in [0.1, 0.15) is 6.07 Å². The fourth-order valence-electron chi connectivity index (χ4n) is 11.5. The summed E-state index contributed by atoms with van der Waals surface area (Å²) in [4.78, 5) is 9.19. The van der Waals surface area contributed by atoms with E-state index in [1.165, 1.54) is 30.9 Å². The van der Waals surface area contributed by atoms with E-state index in [0.29, 0.717) is 16.8 Å². The van der Waals surface area contributed by atoms with Gasteiger partial charge in [-0.3, -0.25) is 4.98 Å². The highest BCUT2D eigenvalue weighted by Gasteiger charge is 2.33. The van der Waals surface area contributed by atoms with E-state index < -0.39 is 0 Å². The van der Waals surface area contributed by atoms with Gasteiger partial charge >= 0.3 is 0 Å². The molecular weight excluding hydrogens is 867 g/mol. The number of hydrogen-bond acceptors (Lipinski definition) is 4. The summed E-state index contributed by atoms with van der Waals surface area (Å²) >= 11 is 3.60. The molecule has 0 N–H and O–H groups in total. The third-order valence-corrected chi connectivity index (χ3v) is 16.6. The predicted octanol–water partition coefficient (Wildman–Crippen LogP) is 17.5. The summed E-state index contributed by atoms with van der Waals surface area (Å²) in [6.45, 7) is 9.36. The monoisotopic (exact) mass is 897 g/mol. The number of nitriles is 1. The maximum Gasteiger partial charge on any atom is 0.220 e. The first-order valence-electron chi connectivity index (χ1n) is 22.5. The van der Waals surface area contributed by atoms with E-state index in [2.05, 4.69) is 165 Å². The lowest BCUT2D eigenvalue weighted by Gasteiger charge is -2.26. The number of benzene rings is 10. The quantitative estimate of drug-likeness (QED) is 0.131. The summed E-state index contributed by atoms with van der Waals surface area (Å²) in [7, 11) is 0. The van der Waals surface area contributed by atoms with E-state index in [1.54, 1.807) is 22.7 Å². The molecule has 68 heavy (non-hydrogen) atoms. The molecule has 0 fully saturated rings. The summed E-state index contributed by atoms with van der Waals surface area (Å²) < 4.78 is 9.48. The second-order valence-corrected chi connectivity index (χ2v) is 19.6. The van der Waals surface area contributed by atoms with Gasteiger partial charge in [-0.2, -0.15) is 5.26 Å². The maximum absolute atomic E-state index is 12.1. The third-order valence-electron chi connectivity index (χ3n) is 14.2. The van der Waals surface area contributed by atoms with Gasteiger partial charge in [-0.05, 0) is 57.6 Å². The van der Waals surface area contributed by atoms with Crippen molar-refractivity contribution < 1.29 is 0 Å². The van der Waals surface area contributed by atoms with E-state index >= 15 is 0 Å². The number of aromatic nitrogens is 3. The number of hydrogen-bond donors (Lipinski definition) is 0. The highest BCUT2D eigenvalue weighted by molar-refractivity contribution is 7.27. The largest absolute Gasteiger partial charge is 0.318 e. The molecule has 10 aromatic carbocycles. The van der Waals surface area contributed by atoms with Gasteiger partial charge in [0.2, 0.25) is 5.69 Å². The van der Waals surface area contributed by atoms with Crippen molar-refractivity contribution >= 4 is 134 Å². The molecule has 0 radical (unpaired) electrons. The molecule has 7 heteroatoms. The van der Waals surface area contributed by atoms with Gasteiger partial charge in [-0.15, -0.1) is 22.7 Å². The zero-order chi connectivity index (χ0) is 44.8. The Morgan fingerprint density at radius 1 is 0.456 bits per heavy atom. The minimum absolute atomic E-state index is 0.420. The van der Waals surface area contributed by atoms with Crippen LogP contribution < -0.4 is 0 Å². The fourth-order valence-corrected chi connectivity index (χ4v) is 14.0. The molecule has 5 nitrogen and oxygen atoms in total. The summed E-state index contributed by atoms with van der Waals surface area (Å²) in [5.41, 5.74) is 9.56. The lowest BCUT2D eigenvalue weighted by Crippen LogP contribution is -2.09. The molecule has 0 saturated heterocycles. The van der Waals surface area contributed by atoms with Crippen LogP contribution in [0.1, 0.15) is 5.56 Å². The van der Waals surface area contributed by atoms with Crippen molar-refractivity contribution in [3.8, 4) is 39.7 Å². The molecular formula is C61H31N5S2. The van der Waals surface area contributed by atoms with Crippen molar-refractivity contribution in [1.82, 2.24) is 14.1 Å². The van der Waals surface area contributed by atoms with Gasteiger partial charge in [-0.25, -0.2) is 4.85 Å². The van der Waals surface area contributed by atoms with Crippen molar-refractivity contribution in [3.63, 3.8) is 0 Å². The Balaban J connectivity index is 1.26. The zero-order valence-electron chi connectivity index (χ0n) is 36.0. The van der Waals surface area contributed by atoms with E-state index in [9.17, 15) is 11.8 Å². The first-order chi connectivity index (χ1) is 33.7. The molecule has 0 aliphatic heterocycles. The third kappa shape index (κ3) is 4.78. The van der Waals surface area contributed by atoms with Crippen LogP contribution in [0.3, 0.4) is 0 Å². The standard InChI is InChI=1S/C61H31N5S2/c1-63-55-51(34-14-4-2-5-15-34)45(32-62)56(52(35-16-6-3-7-17-35)59(55)65-47-22-12-20-39-36-30-31-64-33-46(36)40-21-13-23-48(65)54(40)53(39)47)66-57-41(26-28-43-37-18-8-10-24-49(37)67-60(43)57)42-27-29-44-38-19-9-11-25-50(38)68-61(44)58(42)66/h2-31,33H. The van der Waals surface area contributed by atoms with Crippen molar-refractivity contribution in [1.29, 1.82) is 5.26 Å². The van der Waals surface area contributed by atoms with E-state index in [-0.39, 0.29) is 0 Å². The highest BCUT2D eigenvalue weighted by Crippen LogP contribution is 2.55. The maximum atomic E-state index is 12.1. The van der Waals surface area contributed by atoms with Crippen molar-refractivity contribution in [2.75, 3.05) is 0 Å². The molecule has 0 aliphatic carbocycles. The zero-order valence-corrected chi connectivity index (χ0v) is 37.6. The summed E-state index contributed by atoms with van der Waals surface area (Å²) in [6.07, 6.45) is 3.85. The average molecular weight is 898 g/mol. The Bertz CT molecular complexity index is 4530. The number of rotatable bonds is 4. The molecule has 5 aromatic heterocycles. The van der Waals surface area contributed by atoms with Gasteiger partial charge in [0.25, 0.3) is 0 Å². The Hall–Kier alpha value is -8.85. The Kier molecular flexibility index (Phi) is 7.61. The van der Waals surface area contributed by atoms with Crippen LogP contribution in [0.15, 0.2) is 188 Å². The lowest BCUT2D eigenvalue weighted by molar-refractivity contribution is 1.14. The average Bonchev–Trinajstić information content (AvgIpc) is 4.16. The van der Waals surface area contributed by atoms with Crippen molar-refractivity contribution in [3.05, 3.63) is 205 Å². The van der Waals surface area contributed by atoms with Crippen LogP contribution in [-0.2, 0) is 0 Å². The van der Waals surface area contributed by atoms with Crippen molar-refractivity contribution in [2.24, 2.45) is 0 Å². The van der Waals surface area contributed by atoms with E-state index in [1.807, 2.05) is 48.8 Å². The number of pyridine rings is 1. The van der Waals surface area contributed by atoms with Crippen LogP contribution >= 0.6 is 22.7 Å². The van der Waals surface area contributed by atoms with E-state index in [0.717, 1.165) is 103 Å². The fraction of sp³-hybridized carbons (Fsp3) is 0. The number of nitrogens with zero attached hydrogens (tertiary/aromatic N) is 5. The molecule has 0 aliphatic rings. The normalized spacial score (nSPS) is 12.1. The smallest absolute Gasteiger partial charge is 0.220 e. The molecule has 0 unspecified atom stereocenters. The molecule has 0 atom stereocenters. The molecule has 0 bridgehead atoms. The van der Waals surface area contributed by atoms with Crippen LogP contribution in [0.4, 0.5) is 5.69 Å². The molecule has 15 aromatic rings. The molecule has 5 heterocycles. The summed E-state index contributed by atoms with van der Waals surface area (Å²) in [5, 5.41) is 25.8. The Morgan fingerprint density at radius 2 is 0.971 bits per heavy atom. The van der Waals surface area contributed by atoms with Gasteiger partial charge in [-0.1, -0.05) is 146 Å². The van der Waals surface area contributed by atoms with Gasteiger partial charge < -0.3 is 9.13 Å². The molecule has 0 spiro atoms.